The Balaban J connectivity index is 1.78. The van der Waals surface area contributed by atoms with Crippen molar-refractivity contribution in [2.24, 2.45) is 5.84 Å². The van der Waals surface area contributed by atoms with Gasteiger partial charge in [-0.2, -0.15) is 0 Å². The zero-order valence-electron chi connectivity index (χ0n) is 11.0. The topological polar surface area (TPSA) is 89.1 Å². The summed E-state index contributed by atoms with van der Waals surface area (Å²) in [7, 11) is 0. The summed E-state index contributed by atoms with van der Waals surface area (Å²) in [5.41, 5.74) is 3.76. The minimum atomic E-state index is -0.263. The van der Waals surface area contributed by atoms with E-state index in [1.54, 1.807) is 12.4 Å². The Kier molecular flexibility index (Phi) is 3.44. The number of carbonyl (C=O) groups excluding carboxylic acids is 1. The van der Waals surface area contributed by atoms with Crippen LogP contribution in [0.2, 0.25) is 0 Å². The SMILES string of the molecule is NNC(=O)c1ccccc1CN1CCn2cnnc2C1. The largest absolute Gasteiger partial charge is 0.315 e. The molecule has 0 unspecified atom stereocenters. The summed E-state index contributed by atoms with van der Waals surface area (Å²) in [6, 6.07) is 7.49. The number of amides is 1. The normalized spacial score (nSPS) is 14.8. The van der Waals surface area contributed by atoms with Crippen LogP contribution in [0.1, 0.15) is 21.7 Å². The molecule has 2 aromatic rings. The van der Waals surface area contributed by atoms with Crippen LogP contribution in [0.4, 0.5) is 0 Å². The van der Waals surface area contributed by atoms with Gasteiger partial charge in [-0.3, -0.25) is 15.1 Å². The molecule has 0 fully saturated rings. The number of fused-ring (bicyclic) bond motifs is 1. The lowest BCUT2D eigenvalue weighted by Gasteiger charge is -2.27. The Morgan fingerprint density at radius 2 is 2.20 bits per heavy atom. The van der Waals surface area contributed by atoms with Crippen LogP contribution in [-0.4, -0.2) is 32.1 Å². The highest BCUT2D eigenvalue weighted by Gasteiger charge is 2.19. The fourth-order valence-electron chi connectivity index (χ4n) is 2.45. The summed E-state index contributed by atoms with van der Waals surface area (Å²) in [6.45, 7) is 3.20. The maximum absolute atomic E-state index is 11.8. The van der Waals surface area contributed by atoms with Gasteiger partial charge in [0.1, 0.15) is 12.2 Å². The number of nitrogens with two attached hydrogens (primary N) is 1. The van der Waals surface area contributed by atoms with Crippen molar-refractivity contribution in [3.05, 3.63) is 47.5 Å². The quantitative estimate of drug-likeness (QED) is 0.462. The van der Waals surface area contributed by atoms with E-state index >= 15 is 0 Å². The highest BCUT2D eigenvalue weighted by molar-refractivity contribution is 5.95. The summed E-state index contributed by atoms with van der Waals surface area (Å²) < 4.78 is 2.05. The number of rotatable bonds is 3. The molecule has 1 aromatic carbocycles. The maximum atomic E-state index is 11.8. The molecule has 3 N–H and O–H groups in total. The third kappa shape index (κ3) is 2.40. The molecule has 2 heterocycles. The first-order chi connectivity index (χ1) is 9.78. The Morgan fingerprint density at radius 1 is 1.35 bits per heavy atom. The lowest BCUT2D eigenvalue weighted by molar-refractivity contribution is 0.0951. The number of hydrogen-bond donors (Lipinski definition) is 2. The van der Waals surface area contributed by atoms with Crippen LogP contribution in [0.15, 0.2) is 30.6 Å². The minimum Gasteiger partial charge on any atom is -0.315 e. The molecule has 20 heavy (non-hydrogen) atoms. The van der Waals surface area contributed by atoms with Gasteiger partial charge in [0.2, 0.25) is 0 Å². The number of hydrogen-bond acceptors (Lipinski definition) is 5. The van der Waals surface area contributed by atoms with Gasteiger partial charge in [0.15, 0.2) is 0 Å². The summed E-state index contributed by atoms with van der Waals surface area (Å²) in [5, 5.41) is 8.00. The predicted molar refractivity (Wildman–Crippen MR) is 72.2 cm³/mol. The van der Waals surface area contributed by atoms with Crippen LogP contribution in [-0.2, 0) is 19.6 Å². The Bertz CT molecular complexity index is 623. The van der Waals surface area contributed by atoms with E-state index in [2.05, 4.69) is 25.1 Å². The first-order valence-electron chi connectivity index (χ1n) is 6.46. The van der Waals surface area contributed by atoms with E-state index in [0.29, 0.717) is 12.1 Å². The molecule has 0 radical (unpaired) electrons. The van der Waals surface area contributed by atoms with E-state index in [1.165, 1.54) is 0 Å². The molecule has 0 saturated carbocycles. The average Bonchev–Trinajstić information content (AvgIpc) is 2.94. The number of carbonyl (C=O) groups is 1. The van der Waals surface area contributed by atoms with Gasteiger partial charge >= 0.3 is 0 Å². The standard InChI is InChI=1S/C13H16N6O/c14-16-13(20)11-4-2-1-3-10(11)7-18-5-6-19-9-15-17-12(19)8-18/h1-4,9H,5-8,14H2,(H,16,20). The minimum absolute atomic E-state index is 0.263. The van der Waals surface area contributed by atoms with Crippen molar-refractivity contribution in [1.82, 2.24) is 25.1 Å². The molecule has 1 aromatic heterocycles. The Morgan fingerprint density at radius 3 is 3.05 bits per heavy atom. The van der Waals surface area contributed by atoms with Crippen LogP contribution < -0.4 is 11.3 Å². The van der Waals surface area contributed by atoms with Crippen molar-refractivity contribution in [2.75, 3.05) is 6.54 Å². The number of hydrazine groups is 1. The van der Waals surface area contributed by atoms with Crippen molar-refractivity contribution in [2.45, 2.75) is 19.6 Å². The smallest absolute Gasteiger partial charge is 0.265 e. The summed E-state index contributed by atoms with van der Waals surface area (Å²) in [5.74, 6) is 5.91. The zero-order chi connectivity index (χ0) is 13.9. The third-order valence-corrected chi connectivity index (χ3v) is 3.50. The van der Waals surface area contributed by atoms with Crippen LogP contribution in [0, 0.1) is 0 Å². The summed E-state index contributed by atoms with van der Waals surface area (Å²) in [4.78, 5) is 14.0. The number of nitrogen functional groups attached to an aromatic ring is 1. The molecular formula is C13H16N6O. The molecule has 7 nitrogen and oxygen atoms in total. The van der Waals surface area contributed by atoms with Gasteiger partial charge in [0.05, 0.1) is 6.54 Å². The average molecular weight is 272 g/mol. The van der Waals surface area contributed by atoms with Gasteiger partial charge in [-0.25, -0.2) is 5.84 Å². The van der Waals surface area contributed by atoms with Crippen molar-refractivity contribution in [1.29, 1.82) is 0 Å². The van der Waals surface area contributed by atoms with Crippen molar-refractivity contribution in [3.63, 3.8) is 0 Å². The molecule has 0 spiro atoms. The van der Waals surface area contributed by atoms with E-state index in [1.807, 2.05) is 18.2 Å². The van der Waals surface area contributed by atoms with Gasteiger partial charge in [0.25, 0.3) is 5.91 Å². The summed E-state index contributed by atoms with van der Waals surface area (Å²) >= 11 is 0. The molecule has 104 valence electrons. The molecule has 0 bridgehead atoms. The van der Waals surface area contributed by atoms with Crippen molar-refractivity contribution >= 4 is 5.91 Å². The monoisotopic (exact) mass is 272 g/mol. The third-order valence-electron chi connectivity index (χ3n) is 3.50. The molecular weight excluding hydrogens is 256 g/mol. The van der Waals surface area contributed by atoms with E-state index < -0.39 is 0 Å². The highest BCUT2D eigenvalue weighted by atomic mass is 16.2. The van der Waals surface area contributed by atoms with Crippen LogP contribution in [0.5, 0.6) is 0 Å². The maximum Gasteiger partial charge on any atom is 0.265 e. The van der Waals surface area contributed by atoms with E-state index in [4.69, 9.17) is 5.84 Å². The first-order valence-corrected chi connectivity index (χ1v) is 6.46. The number of nitrogens with zero attached hydrogens (tertiary/aromatic N) is 4. The molecule has 1 aliphatic heterocycles. The lowest BCUT2D eigenvalue weighted by atomic mass is 10.1. The molecule has 0 atom stereocenters. The second-order valence-electron chi connectivity index (χ2n) is 4.78. The zero-order valence-corrected chi connectivity index (χ0v) is 11.0. The molecule has 0 saturated heterocycles. The lowest BCUT2D eigenvalue weighted by Crippen LogP contribution is -2.35. The van der Waals surface area contributed by atoms with Gasteiger partial charge in [-0.05, 0) is 11.6 Å². The van der Waals surface area contributed by atoms with E-state index in [9.17, 15) is 4.79 Å². The molecule has 3 rings (SSSR count). The van der Waals surface area contributed by atoms with Crippen LogP contribution in [0.25, 0.3) is 0 Å². The fourth-order valence-corrected chi connectivity index (χ4v) is 2.45. The van der Waals surface area contributed by atoms with Gasteiger partial charge < -0.3 is 4.57 Å². The second kappa shape index (κ2) is 5.40. The van der Waals surface area contributed by atoms with Crippen LogP contribution >= 0.6 is 0 Å². The Hall–Kier alpha value is -2.25. The molecule has 7 heteroatoms. The van der Waals surface area contributed by atoms with Crippen LogP contribution in [0.3, 0.4) is 0 Å². The predicted octanol–water partition coefficient (Wildman–Crippen LogP) is -0.103. The van der Waals surface area contributed by atoms with Gasteiger partial charge in [-0.15, -0.1) is 10.2 Å². The van der Waals surface area contributed by atoms with E-state index in [-0.39, 0.29) is 5.91 Å². The number of nitrogens with one attached hydrogen (secondary N) is 1. The van der Waals surface area contributed by atoms with Gasteiger partial charge in [0, 0.05) is 25.2 Å². The fraction of sp³-hybridized carbons (Fsp3) is 0.308. The molecule has 1 amide bonds. The van der Waals surface area contributed by atoms with Gasteiger partial charge in [-0.1, -0.05) is 18.2 Å². The molecule has 0 aliphatic carbocycles. The van der Waals surface area contributed by atoms with E-state index in [0.717, 1.165) is 31.0 Å². The van der Waals surface area contributed by atoms with Crippen molar-refractivity contribution < 1.29 is 4.79 Å². The number of benzene rings is 1. The number of aromatic nitrogens is 3. The molecule has 1 aliphatic rings. The van der Waals surface area contributed by atoms with Crippen molar-refractivity contribution in [3.8, 4) is 0 Å². The Labute approximate surface area is 116 Å². The summed E-state index contributed by atoms with van der Waals surface area (Å²) in [6.07, 6.45) is 1.75. The highest BCUT2D eigenvalue weighted by Crippen LogP contribution is 2.16. The first kappa shape index (κ1) is 12.8. The second-order valence-corrected chi connectivity index (χ2v) is 4.78.